The van der Waals surface area contributed by atoms with E-state index >= 15 is 0 Å². The van der Waals surface area contributed by atoms with E-state index in [2.05, 4.69) is 10.4 Å². The lowest BCUT2D eigenvalue weighted by Gasteiger charge is -2.21. The van der Waals surface area contributed by atoms with Gasteiger partial charge >= 0.3 is 11.7 Å². The summed E-state index contributed by atoms with van der Waals surface area (Å²) in [5.41, 5.74) is -0.175. The van der Waals surface area contributed by atoms with Crippen LogP contribution in [-0.2, 0) is 16.1 Å². The van der Waals surface area contributed by atoms with Gasteiger partial charge in [0.05, 0.1) is 4.92 Å². The lowest BCUT2D eigenvalue weighted by atomic mass is 9.88. The fraction of sp³-hybridized carbons (Fsp3) is 0.643. The molecule has 2 N–H and O–H groups in total. The maximum Gasteiger partial charge on any atom is 0.326 e. The molecule has 0 saturated carbocycles. The number of rotatable bonds is 8. The van der Waals surface area contributed by atoms with Gasteiger partial charge in [-0.3, -0.25) is 19.6 Å². The number of nitrogens with one attached hydrogen (secondary N) is 1. The van der Waals surface area contributed by atoms with Crippen LogP contribution < -0.4 is 5.32 Å². The molecular formula is C14H22N4O5. The molecule has 1 atom stereocenters. The zero-order chi connectivity index (χ0) is 17.6. The Morgan fingerprint density at radius 2 is 2.13 bits per heavy atom. The van der Waals surface area contributed by atoms with Gasteiger partial charge in [-0.05, 0) is 18.3 Å². The average molecular weight is 326 g/mol. The molecule has 1 unspecified atom stereocenters. The second kappa shape index (κ2) is 7.70. The van der Waals surface area contributed by atoms with Gasteiger partial charge < -0.3 is 10.4 Å². The van der Waals surface area contributed by atoms with Gasteiger partial charge in [-0.25, -0.2) is 4.79 Å². The van der Waals surface area contributed by atoms with E-state index in [1.165, 1.54) is 10.9 Å². The summed E-state index contributed by atoms with van der Waals surface area (Å²) in [7, 11) is 0. The van der Waals surface area contributed by atoms with E-state index in [0.29, 0.717) is 12.8 Å². The second-order valence-corrected chi connectivity index (χ2v) is 6.53. The van der Waals surface area contributed by atoms with Gasteiger partial charge in [0.1, 0.15) is 18.4 Å². The van der Waals surface area contributed by atoms with Gasteiger partial charge in [-0.2, -0.15) is 5.10 Å². The van der Waals surface area contributed by atoms with Gasteiger partial charge in [0.15, 0.2) is 0 Å². The highest BCUT2D eigenvalue weighted by Crippen LogP contribution is 2.21. The molecule has 0 bridgehead atoms. The summed E-state index contributed by atoms with van der Waals surface area (Å²) in [6.07, 6.45) is 3.33. The number of nitrogens with zero attached hydrogens (tertiary/aromatic N) is 3. The third-order valence-electron chi connectivity index (χ3n) is 3.21. The summed E-state index contributed by atoms with van der Waals surface area (Å²) in [5.74, 6) is -1.50. The first-order chi connectivity index (χ1) is 10.6. The fourth-order valence-electron chi connectivity index (χ4n) is 1.89. The van der Waals surface area contributed by atoms with Crippen molar-refractivity contribution in [2.75, 3.05) is 0 Å². The molecule has 0 saturated heterocycles. The molecule has 0 spiro atoms. The normalized spacial score (nSPS) is 12.7. The van der Waals surface area contributed by atoms with E-state index < -0.39 is 22.8 Å². The molecule has 23 heavy (non-hydrogen) atoms. The van der Waals surface area contributed by atoms with Crippen LogP contribution in [0.1, 0.15) is 40.0 Å². The lowest BCUT2D eigenvalue weighted by molar-refractivity contribution is -0.385. The third kappa shape index (κ3) is 6.90. The minimum Gasteiger partial charge on any atom is -0.480 e. The van der Waals surface area contributed by atoms with E-state index in [1.807, 2.05) is 20.8 Å². The summed E-state index contributed by atoms with van der Waals surface area (Å²) in [6, 6.07) is -0.936. The highest BCUT2D eigenvalue weighted by Gasteiger charge is 2.22. The number of hydrogen-bond acceptors (Lipinski definition) is 5. The number of carbonyl (C=O) groups is 2. The van der Waals surface area contributed by atoms with E-state index in [0.717, 1.165) is 6.20 Å². The van der Waals surface area contributed by atoms with Crippen molar-refractivity contribution in [2.24, 2.45) is 5.41 Å². The van der Waals surface area contributed by atoms with E-state index in [4.69, 9.17) is 5.11 Å². The predicted octanol–water partition coefficient (Wildman–Crippen LogP) is 1.58. The highest BCUT2D eigenvalue weighted by atomic mass is 16.6. The smallest absolute Gasteiger partial charge is 0.326 e. The van der Waals surface area contributed by atoms with Crippen molar-refractivity contribution >= 4 is 17.6 Å². The number of nitro groups is 1. The SMILES string of the molecule is CC(C)(C)CCC(NC(=O)CCn1cc([N+](=O)[O-])cn1)C(=O)O. The first kappa shape index (κ1) is 18.6. The van der Waals surface area contributed by atoms with Crippen LogP contribution in [0.2, 0.25) is 0 Å². The van der Waals surface area contributed by atoms with Crippen LogP contribution in [0.25, 0.3) is 0 Å². The molecule has 0 aliphatic rings. The Kier molecular flexibility index (Phi) is 6.23. The van der Waals surface area contributed by atoms with E-state index in [9.17, 15) is 19.7 Å². The van der Waals surface area contributed by atoms with Crippen molar-refractivity contribution in [1.82, 2.24) is 15.1 Å². The quantitative estimate of drug-likeness (QED) is 0.551. The number of carboxylic acid groups (broad SMARTS) is 1. The second-order valence-electron chi connectivity index (χ2n) is 6.53. The van der Waals surface area contributed by atoms with Crippen molar-refractivity contribution in [3.8, 4) is 0 Å². The molecule has 9 nitrogen and oxygen atoms in total. The fourth-order valence-corrected chi connectivity index (χ4v) is 1.89. The first-order valence-electron chi connectivity index (χ1n) is 7.27. The summed E-state index contributed by atoms with van der Waals surface area (Å²) < 4.78 is 1.28. The molecule has 0 aliphatic carbocycles. The largest absolute Gasteiger partial charge is 0.480 e. The molecule has 9 heteroatoms. The summed E-state index contributed by atoms with van der Waals surface area (Å²) >= 11 is 0. The van der Waals surface area contributed by atoms with E-state index in [-0.39, 0.29) is 24.1 Å². The molecule has 0 aliphatic heterocycles. The first-order valence-corrected chi connectivity index (χ1v) is 7.27. The zero-order valence-corrected chi connectivity index (χ0v) is 13.5. The summed E-state index contributed by atoms with van der Waals surface area (Å²) in [5, 5.41) is 25.9. The van der Waals surface area contributed by atoms with Gasteiger partial charge in [-0.15, -0.1) is 0 Å². The molecule has 128 valence electrons. The van der Waals surface area contributed by atoms with Gasteiger partial charge in [0.25, 0.3) is 0 Å². The topological polar surface area (TPSA) is 127 Å². The van der Waals surface area contributed by atoms with Crippen molar-refractivity contribution in [1.29, 1.82) is 0 Å². The van der Waals surface area contributed by atoms with Gasteiger partial charge in [-0.1, -0.05) is 20.8 Å². The van der Waals surface area contributed by atoms with E-state index in [1.54, 1.807) is 0 Å². The van der Waals surface area contributed by atoms with Crippen LogP contribution in [0.15, 0.2) is 12.4 Å². The van der Waals surface area contributed by atoms with Crippen molar-refractivity contribution in [3.63, 3.8) is 0 Å². The van der Waals surface area contributed by atoms with Crippen molar-refractivity contribution < 1.29 is 19.6 Å². The average Bonchev–Trinajstić information content (AvgIpc) is 2.88. The van der Waals surface area contributed by atoms with Crippen molar-refractivity contribution in [2.45, 2.75) is 52.6 Å². The summed E-state index contributed by atoms with van der Waals surface area (Å²) in [6.45, 7) is 6.14. The van der Waals surface area contributed by atoms with Crippen LogP contribution in [-0.4, -0.2) is 37.7 Å². The van der Waals surface area contributed by atoms with Crippen molar-refractivity contribution in [3.05, 3.63) is 22.5 Å². The third-order valence-corrected chi connectivity index (χ3v) is 3.21. The number of aromatic nitrogens is 2. The van der Waals surface area contributed by atoms with Gasteiger partial charge in [0, 0.05) is 13.0 Å². The Morgan fingerprint density at radius 1 is 1.48 bits per heavy atom. The van der Waals surface area contributed by atoms with Crippen LogP contribution in [0, 0.1) is 15.5 Å². The number of hydrogen-bond donors (Lipinski definition) is 2. The monoisotopic (exact) mass is 326 g/mol. The Labute approximate surface area is 133 Å². The molecule has 0 fully saturated rings. The molecule has 0 aromatic carbocycles. The Bertz CT molecular complexity index is 576. The van der Waals surface area contributed by atoms with Crippen LogP contribution >= 0.6 is 0 Å². The summed E-state index contributed by atoms with van der Waals surface area (Å²) in [4.78, 5) is 33.0. The number of carboxylic acids is 1. The maximum atomic E-state index is 11.8. The minimum absolute atomic E-state index is 0.00185. The number of carbonyl (C=O) groups excluding carboxylic acids is 1. The molecule has 1 amide bonds. The number of aliphatic carboxylic acids is 1. The minimum atomic E-state index is -1.07. The predicted molar refractivity (Wildman–Crippen MR) is 81.8 cm³/mol. The Hall–Kier alpha value is -2.45. The van der Waals surface area contributed by atoms with Crippen LogP contribution in [0.5, 0.6) is 0 Å². The molecule has 1 aromatic rings. The maximum absolute atomic E-state index is 11.8. The highest BCUT2D eigenvalue weighted by molar-refractivity contribution is 5.83. The Morgan fingerprint density at radius 3 is 2.61 bits per heavy atom. The molecule has 1 rings (SSSR count). The lowest BCUT2D eigenvalue weighted by Crippen LogP contribution is -2.41. The number of aryl methyl sites for hydroxylation is 1. The van der Waals surface area contributed by atoms with Gasteiger partial charge in [0.2, 0.25) is 5.91 Å². The Balaban J connectivity index is 2.48. The number of amides is 1. The molecule has 1 aromatic heterocycles. The standard InChI is InChI=1S/C14H22N4O5/c1-14(2,3)6-4-11(13(20)21)16-12(19)5-7-17-9-10(8-15-17)18(22)23/h8-9,11H,4-7H2,1-3H3,(H,16,19)(H,20,21). The zero-order valence-electron chi connectivity index (χ0n) is 13.5. The molecule has 1 heterocycles. The molecule has 0 radical (unpaired) electrons. The van der Waals surface area contributed by atoms with Crippen LogP contribution in [0.4, 0.5) is 5.69 Å². The van der Waals surface area contributed by atoms with Crippen LogP contribution in [0.3, 0.4) is 0 Å². The molecular weight excluding hydrogens is 304 g/mol.